The molecule has 0 saturated carbocycles. The van der Waals surface area contributed by atoms with E-state index in [0.717, 1.165) is 11.8 Å². The minimum atomic E-state index is -0.559. The van der Waals surface area contributed by atoms with E-state index < -0.39 is 10.8 Å². The van der Waals surface area contributed by atoms with Crippen molar-refractivity contribution in [3.05, 3.63) is 63.7 Å². The minimum absolute atomic E-state index is 0.137. The molecule has 27 heavy (non-hydrogen) atoms. The van der Waals surface area contributed by atoms with Crippen molar-refractivity contribution in [2.24, 2.45) is 7.05 Å². The monoisotopic (exact) mass is 380 g/mol. The summed E-state index contributed by atoms with van der Waals surface area (Å²) in [6, 6.07) is 10.7. The SMILES string of the molecule is C#Cc1ccc(NC(=O)c2cc([N+](=O)[O-])ccc2Sc2nnnn2C)cc1. The highest BCUT2D eigenvalue weighted by Gasteiger charge is 2.19. The predicted molar refractivity (Wildman–Crippen MR) is 98.3 cm³/mol. The lowest BCUT2D eigenvalue weighted by Gasteiger charge is -2.09. The fraction of sp³-hybridized carbons (Fsp3) is 0.0588. The first-order valence-corrected chi connectivity index (χ1v) is 8.36. The Morgan fingerprint density at radius 1 is 1.30 bits per heavy atom. The Bertz CT molecular complexity index is 1060. The number of terminal acetylenes is 1. The van der Waals surface area contributed by atoms with E-state index >= 15 is 0 Å². The van der Waals surface area contributed by atoms with Crippen molar-refractivity contribution in [2.75, 3.05) is 5.32 Å². The van der Waals surface area contributed by atoms with Crippen LogP contribution in [0.25, 0.3) is 0 Å². The van der Waals surface area contributed by atoms with Gasteiger partial charge in [0.05, 0.1) is 10.5 Å². The Morgan fingerprint density at radius 2 is 2.04 bits per heavy atom. The largest absolute Gasteiger partial charge is 0.322 e. The third-order valence-electron chi connectivity index (χ3n) is 3.51. The summed E-state index contributed by atoms with van der Waals surface area (Å²) in [6.45, 7) is 0. The molecule has 0 unspecified atom stereocenters. The average Bonchev–Trinajstić information content (AvgIpc) is 3.07. The van der Waals surface area contributed by atoms with Gasteiger partial charge >= 0.3 is 0 Å². The molecule has 0 aliphatic rings. The van der Waals surface area contributed by atoms with Gasteiger partial charge in [-0.05, 0) is 52.5 Å². The number of amides is 1. The highest BCUT2D eigenvalue weighted by molar-refractivity contribution is 7.99. The zero-order valence-corrected chi connectivity index (χ0v) is 14.8. The number of nitrogens with zero attached hydrogens (tertiary/aromatic N) is 5. The summed E-state index contributed by atoms with van der Waals surface area (Å²) in [4.78, 5) is 23.8. The van der Waals surface area contributed by atoms with E-state index in [2.05, 4.69) is 26.8 Å². The van der Waals surface area contributed by atoms with Crippen molar-refractivity contribution in [2.45, 2.75) is 10.1 Å². The Labute approximate surface area is 157 Å². The first-order valence-electron chi connectivity index (χ1n) is 7.54. The third-order valence-corrected chi connectivity index (χ3v) is 4.61. The van der Waals surface area contributed by atoms with Crippen LogP contribution < -0.4 is 5.32 Å². The van der Waals surface area contributed by atoms with Crippen LogP contribution in [0.4, 0.5) is 11.4 Å². The number of benzene rings is 2. The maximum atomic E-state index is 12.7. The van der Waals surface area contributed by atoms with Crippen LogP contribution in [0.1, 0.15) is 15.9 Å². The number of hydrogen-bond donors (Lipinski definition) is 1. The molecule has 3 aromatic rings. The quantitative estimate of drug-likeness (QED) is 0.411. The van der Waals surface area contributed by atoms with Crippen LogP contribution in [-0.2, 0) is 7.05 Å². The molecule has 1 aromatic heterocycles. The van der Waals surface area contributed by atoms with Crippen molar-refractivity contribution in [3.63, 3.8) is 0 Å². The molecule has 9 nitrogen and oxygen atoms in total. The lowest BCUT2D eigenvalue weighted by atomic mass is 10.1. The van der Waals surface area contributed by atoms with Gasteiger partial charge < -0.3 is 5.32 Å². The van der Waals surface area contributed by atoms with E-state index in [1.807, 2.05) is 0 Å². The number of nitrogens with one attached hydrogen (secondary N) is 1. The number of nitro benzene ring substituents is 1. The van der Waals surface area contributed by atoms with Crippen molar-refractivity contribution < 1.29 is 9.72 Å². The van der Waals surface area contributed by atoms with Crippen LogP contribution in [-0.4, -0.2) is 31.0 Å². The second kappa shape index (κ2) is 7.67. The minimum Gasteiger partial charge on any atom is -0.322 e. The molecule has 1 amide bonds. The molecule has 0 aliphatic heterocycles. The number of aryl methyl sites for hydroxylation is 1. The molecular formula is C17H12N6O3S. The van der Waals surface area contributed by atoms with E-state index in [1.165, 1.54) is 22.9 Å². The molecule has 0 spiro atoms. The number of anilines is 1. The number of rotatable bonds is 5. The molecular weight excluding hydrogens is 368 g/mol. The average molecular weight is 380 g/mol. The molecule has 0 bridgehead atoms. The fourth-order valence-electron chi connectivity index (χ4n) is 2.15. The van der Waals surface area contributed by atoms with Crippen molar-refractivity contribution >= 4 is 29.0 Å². The first-order chi connectivity index (χ1) is 13.0. The van der Waals surface area contributed by atoms with Gasteiger partial charge in [0.15, 0.2) is 0 Å². The number of aromatic nitrogens is 4. The normalized spacial score (nSPS) is 10.2. The Balaban J connectivity index is 1.93. The van der Waals surface area contributed by atoms with Gasteiger partial charge in [-0.2, -0.15) is 0 Å². The molecule has 2 aromatic carbocycles. The van der Waals surface area contributed by atoms with E-state index in [4.69, 9.17) is 6.42 Å². The Hall–Kier alpha value is -3.71. The van der Waals surface area contributed by atoms with E-state index in [-0.39, 0.29) is 11.3 Å². The molecule has 3 rings (SSSR count). The number of carbonyl (C=O) groups is 1. The van der Waals surface area contributed by atoms with Crippen molar-refractivity contribution in [1.29, 1.82) is 0 Å². The molecule has 0 radical (unpaired) electrons. The van der Waals surface area contributed by atoms with Gasteiger partial charge in [-0.15, -0.1) is 11.5 Å². The van der Waals surface area contributed by atoms with Gasteiger partial charge in [-0.1, -0.05) is 5.92 Å². The highest BCUT2D eigenvalue weighted by atomic mass is 32.2. The summed E-state index contributed by atoms with van der Waals surface area (Å²) in [5.74, 6) is 1.99. The number of hydrogen-bond acceptors (Lipinski definition) is 7. The summed E-state index contributed by atoms with van der Waals surface area (Å²) in [5, 5.41) is 25.4. The number of carbonyl (C=O) groups excluding carboxylic acids is 1. The van der Waals surface area contributed by atoms with Gasteiger partial charge in [0.1, 0.15) is 0 Å². The van der Waals surface area contributed by atoms with Crippen LogP contribution in [0.3, 0.4) is 0 Å². The van der Waals surface area contributed by atoms with Crippen LogP contribution in [0.5, 0.6) is 0 Å². The van der Waals surface area contributed by atoms with E-state index in [0.29, 0.717) is 21.3 Å². The summed E-state index contributed by atoms with van der Waals surface area (Å²) < 4.78 is 1.44. The standard InChI is InChI=1S/C17H12N6O3S/c1-3-11-4-6-12(7-5-11)18-16(24)14-10-13(23(25)26)8-9-15(14)27-17-19-20-21-22(17)2/h1,4-10H,2H3,(H,18,24). The Morgan fingerprint density at radius 3 is 2.63 bits per heavy atom. The first kappa shape index (κ1) is 18.1. The summed E-state index contributed by atoms with van der Waals surface area (Å²) in [6.07, 6.45) is 5.31. The lowest BCUT2D eigenvalue weighted by Crippen LogP contribution is -2.13. The van der Waals surface area contributed by atoms with Crippen molar-refractivity contribution in [1.82, 2.24) is 20.2 Å². The number of nitro groups is 1. The predicted octanol–water partition coefficient (Wildman–Crippen LogP) is 2.50. The summed E-state index contributed by atoms with van der Waals surface area (Å²) in [5.41, 5.74) is 1.14. The number of non-ortho nitro benzene ring substituents is 1. The van der Waals surface area contributed by atoms with Gasteiger partial charge in [-0.25, -0.2) is 4.68 Å². The smallest absolute Gasteiger partial charge is 0.270 e. The van der Waals surface area contributed by atoms with E-state index in [9.17, 15) is 14.9 Å². The van der Waals surface area contributed by atoms with Crippen LogP contribution in [0.2, 0.25) is 0 Å². The Kier molecular flexibility index (Phi) is 5.14. The van der Waals surface area contributed by atoms with Crippen LogP contribution >= 0.6 is 11.8 Å². The maximum absolute atomic E-state index is 12.7. The lowest BCUT2D eigenvalue weighted by molar-refractivity contribution is -0.384. The van der Waals surface area contributed by atoms with Crippen LogP contribution in [0, 0.1) is 22.5 Å². The third kappa shape index (κ3) is 4.10. The molecule has 0 aliphatic carbocycles. The second-order valence-corrected chi connectivity index (χ2v) is 6.31. The molecule has 0 fully saturated rings. The molecule has 0 atom stereocenters. The van der Waals surface area contributed by atoms with Crippen molar-refractivity contribution in [3.8, 4) is 12.3 Å². The molecule has 10 heteroatoms. The zero-order chi connectivity index (χ0) is 19.4. The van der Waals surface area contributed by atoms with Gasteiger partial charge in [0.2, 0.25) is 5.16 Å². The van der Waals surface area contributed by atoms with Crippen LogP contribution in [0.15, 0.2) is 52.5 Å². The molecule has 134 valence electrons. The maximum Gasteiger partial charge on any atom is 0.270 e. The summed E-state index contributed by atoms with van der Waals surface area (Å²) >= 11 is 1.13. The molecule has 0 saturated heterocycles. The fourth-order valence-corrected chi connectivity index (χ4v) is 2.99. The van der Waals surface area contributed by atoms with Gasteiger partial charge in [-0.3, -0.25) is 14.9 Å². The zero-order valence-electron chi connectivity index (χ0n) is 14.0. The molecule has 1 N–H and O–H groups in total. The number of tetrazole rings is 1. The van der Waals surface area contributed by atoms with Gasteiger partial charge in [0, 0.05) is 35.3 Å². The summed E-state index contributed by atoms with van der Waals surface area (Å²) in [7, 11) is 1.65. The van der Waals surface area contributed by atoms with Gasteiger partial charge in [0.25, 0.3) is 11.6 Å². The molecule has 1 heterocycles. The topological polar surface area (TPSA) is 116 Å². The second-order valence-electron chi connectivity index (χ2n) is 5.30. The highest BCUT2D eigenvalue weighted by Crippen LogP contribution is 2.31. The van der Waals surface area contributed by atoms with E-state index in [1.54, 1.807) is 31.3 Å².